The third kappa shape index (κ3) is 3.32. The van der Waals surface area contributed by atoms with E-state index in [0.717, 1.165) is 47.6 Å². The van der Waals surface area contributed by atoms with Crippen LogP contribution in [-0.2, 0) is 12.8 Å². The maximum atomic E-state index is 12.8. The molecule has 3 heterocycles. The number of nitrogens with zero attached hydrogens (tertiary/aromatic N) is 4. The van der Waals surface area contributed by atoms with Gasteiger partial charge in [-0.25, -0.2) is 14.6 Å². The van der Waals surface area contributed by atoms with Crippen molar-refractivity contribution in [3.8, 4) is 5.82 Å². The maximum absolute atomic E-state index is 12.8. The number of amides is 1. The summed E-state index contributed by atoms with van der Waals surface area (Å²) in [5.74, 6) is 0.519. The van der Waals surface area contributed by atoms with E-state index >= 15 is 0 Å². The van der Waals surface area contributed by atoms with Crippen LogP contribution in [0, 0.1) is 6.92 Å². The molecule has 0 aromatic carbocycles. The highest BCUT2D eigenvalue weighted by Crippen LogP contribution is 2.26. The highest BCUT2D eigenvalue weighted by atomic mass is 35.5. The molecule has 1 unspecified atom stereocenters. The molecule has 1 aliphatic carbocycles. The number of halogens is 1. The smallest absolute Gasteiger partial charge is 0.254 e. The molecule has 27 heavy (non-hydrogen) atoms. The third-order valence-corrected chi connectivity index (χ3v) is 5.27. The Bertz CT molecular complexity index is 999. The zero-order valence-electron chi connectivity index (χ0n) is 15.2. The summed E-state index contributed by atoms with van der Waals surface area (Å²) in [6.07, 6.45) is 6.43. The van der Waals surface area contributed by atoms with Gasteiger partial charge in [0, 0.05) is 23.1 Å². The molecule has 0 fully saturated rings. The van der Waals surface area contributed by atoms with E-state index in [-0.39, 0.29) is 17.1 Å². The lowest BCUT2D eigenvalue weighted by atomic mass is 10.1. The predicted octanol–water partition coefficient (Wildman–Crippen LogP) is 3.60. The Labute approximate surface area is 162 Å². The first-order valence-electron chi connectivity index (χ1n) is 8.99. The van der Waals surface area contributed by atoms with E-state index in [4.69, 9.17) is 11.6 Å². The molecular weight excluding hydrogens is 362 g/mol. The average Bonchev–Trinajstić information content (AvgIpc) is 3.27. The molecule has 0 saturated heterocycles. The molecule has 0 radical (unpaired) electrons. The Morgan fingerprint density at radius 1 is 1.33 bits per heavy atom. The minimum Gasteiger partial charge on any atom is -0.345 e. The monoisotopic (exact) mass is 381 g/mol. The molecule has 1 amide bonds. The zero-order valence-corrected chi connectivity index (χ0v) is 16.0. The molecule has 0 aliphatic heterocycles. The van der Waals surface area contributed by atoms with Crippen molar-refractivity contribution >= 4 is 17.5 Å². The van der Waals surface area contributed by atoms with Crippen LogP contribution in [-0.4, -0.2) is 25.7 Å². The number of aromatic nitrogens is 4. The average molecular weight is 382 g/mol. The first-order chi connectivity index (χ1) is 13.0. The van der Waals surface area contributed by atoms with Crippen molar-refractivity contribution in [1.82, 2.24) is 25.1 Å². The van der Waals surface area contributed by atoms with Gasteiger partial charge < -0.3 is 5.32 Å². The lowest BCUT2D eigenvalue weighted by Crippen LogP contribution is -2.27. The van der Waals surface area contributed by atoms with E-state index in [2.05, 4.69) is 20.4 Å². The number of carbonyl (C=O) groups excluding carboxylic acids is 1. The summed E-state index contributed by atoms with van der Waals surface area (Å²) in [6.45, 7) is 3.89. The van der Waals surface area contributed by atoms with Crippen molar-refractivity contribution in [3.63, 3.8) is 0 Å². The molecule has 6 nitrogen and oxygen atoms in total. The second kappa shape index (κ2) is 7.12. The van der Waals surface area contributed by atoms with E-state index in [9.17, 15) is 4.79 Å². The number of carbonyl (C=O) groups is 1. The van der Waals surface area contributed by atoms with Crippen molar-refractivity contribution in [3.05, 3.63) is 69.9 Å². The van der Waals surface area contributed by atoms with Crippen LogP contribution in [0.4, 0.5) is 0 Å². The van der Waals surface area contributed by atoms with Gasteiger partial charge in [-0.15, -0.1) is 0 Å². The van der Waals surface area contributed by atoms with Gasteiger partial charge in [-0.3, -0.25) is 4.79 Å². The van der Waals surface area contributed by atoms with E-state index in [1.807, 2.05) is 38.1 Å². The first-order valence-corrected chi connectivity index (χ1v) is 9.37. The molecule has 0 saturated carbocycles. The number of nitrogens with one attached hydrogen (secondary N) is 1. The number of fused-ring (bicyclic) bond motifs is 1. The van der Waals surface area contributed by atoms with Crippen molar-refractivity contribution in [2.24, 2.45) is 0 Å². The largest absolute Gasteiger partial charge is 0.345 e. The fourth-order valence-electron chi connectivity index (χ4n) is 3.52. The van der Waals surface area contributed by atoms with Crippen LogP contribution in [0.5, 0.6) is 0 Å². The van der Waals surface area contributed by atoms with Crippen LogP contribution in [0.15, 0.2) is 36.7 Å². The Balaban J connectivity index is 1.56. The summed E-state index contributed by atoms with van der Waals surface area (Å²) in [7, 11) is 0. The van der Waals surface area contributed by atoms with Crippen LogP contribution in [0.2, 0.25) is 5.15 Å². The topological polar surface area (TPSA) is 72.7 Å². The lowest BCUT2D eigenvalue weighted by Gasteiger charge is -2.15. The number of hydrogen-bond acceptors (Lipinski definition) is 4. The molecule has 3 aromatic rings. The molecule has 1 aliphatic rings. The third-order valence-electron chi connectivity index (χ3n) is 4.98. The molecule has 1 atom stereocenters. The Morgan fingerprint density at radius 3 is 2.96 bits per heavy atom. The second-order valence-corrected chi connectivity index (χ2v) is 7.12. The molecular formula is C20H20ClN5O. The number of aryl methyl sites for hydroxylation is 2. The molecule has 138 valence electrons. The van der Waals surface area contributed by atoms with Gasteiger partial charge in [-0.05, 0) is 56.9 Å². The Morgan fingerprint density at radius 2 is 2.19 bits per heavy atom. The van der Waals surface area contributed by atoms with Crippen LogP contribution >= 0.6 is 11.6 Å². The molecule has 3 aromatic heterocycles. The predicted molar refractivity (Wildman–Crippen MR) is 103 cm³/mol. The maximum Gasteiger partial charge on any atom is 0.254 e. The molecule has 0 bridgehead atoms. The molecule has 4 rings (SSSR count). The van der Waals surface area contributed by atoms with Crippen molar-refractivity contribution in [2.45, 2.75) is 39.2 Å². The summed E-state index contributed by atoms with van der Waals surface area (Å²) in [6, 6.07) is 7.32. The zero-order chi connectivity index (χ0) is 19.0. The van der Waals surface area contributed by atoms with Gasteiger partial charge in [0.05, 0.1) is 17.8 Å². The standard InChI is InChI=1S/C20H20ClN5O/c1-12(16-11-23-26(13(16)2)18-8-3-4-9-22-18)24-20(27)15-10-14-6-5-7-17(14)25-19(15)21/h3-4,8-12H,5-7H2,1-2H3,(H,24,27). The normalized spacial score (nSPS) is 14.0. The molecule has 0 spiro atoms. The minimum absolute atomic E-state index is 0.223. The van der Waals surface area contributed by atoms with Crippen molar-refractivity contribution in [2.75, 3.05) is 0 Å². The number of hydrogen-bond donors (Lipinski definition) is 1. The quantitative estimate of drug-likeness (QED) is 0.701. The number of pyridine rings is 2. The van der Waals surface area contributed by atoms with Gasteiger partial charge in [0.15, 0.2) is 5.82 Å². The molecule has 7 heteroatoms. The fourth-order valence-corrected chi connectivity index (χ4v) is 3.76. The van der Waals surface area contributed by atoms with E-state index in [1.165, 1.54) is 0 Å². The highest BCUT2D eigenvalue weighted by molar-refractivity contribution is 6.32. The second-order valence-electron chi connectivity index (χ2n) is 6.77. The van der Waals surface area contributed by atoms with Crippen LogP contribution in [0.25, 0.3) is 5.82 Å². The van der Waals surface area contributed by atoms with Gasteiger partial charge in [-0.1, -0.05) is 17.7 Å². The summed E-state index contributed by atoms with van der Waals surface area (Å²) in [5, 5.41) is 7.69. The van der Waals surface area contributed by atoms with Crippen molar-refractivity contribution < 1.29 is 4.79 Å². The number of rotatable bonds is 4. The first kappa shape index (κ1) is 17.7. The Hall–Kier alpha value is -2.73. The van der Waals surface area contributed by atoms with Gasteiger partial charge in [0.1, 0.15) is 5.15 Å². The SMILES string of the molecule is Cc1c(C(C)NC(=O)c2cc3c(nc2Cl)CCC3)cnn1-c1ccccn1. The minimum atomic E-state index is -0.223. The van der Waals surface area contributed by atoms with Crippen LogP contribution < -0.4 is 5.32 Å². The summed E-state index contributed by atoms with van der Waals surface area (Å²) >= 11 is 6.25. The van der Waals surface area contributed by atoms with E-state index in [1.54, 1.807) is 17.1 Å². The summed E-state index contributed by atoms with van der Waals surface area (Å²) < 4.78 is 1.77. The van der Waals surface area contributed by atoms with Crippen LogP contribution in [0.3, 0.4) is 0 Å². The van der Waals surface area contributed by atoms with Gasteiger partial charge >= 0.3 is 0 Å². The van der Waals surface area contributed by atoms with Crippen LogP contribution in [0.1, 0.15) is 52.3 Å². The van der Waals surface area contributed by atoms with E-state index in [0.29, 0.717) is 5.56 Å². The van der Waals surface area contributed by atoms with Gasteiger partial charge in [0.25, 0.3) is 5.91 Å². The Kier molecular flexibility index (Phi) is 4.66. The summed E-state index contributed by atoms with van der Waals surface area (Å²) in [4.78, 5) is 21.5. The molecule has 1 N–H and O–H groups in total. The summed E-state index contributed by atoms with van der Waals surface area (Å²) in [5.41, 5.74) is 4.42. The van der Waals surface area contributed by atoms with Gasteiger partial charge in [0.2, 0.25) is 0 Å². The highest BCUT2D eigenvalue weighted by Gasteiger charge is 2.22. The van der Waals surface area contributed by atoms with E-state index < -0.39 is 0 Å². The fraction of sp³-hybridized carbons (Fsp3) is 0.300. The van der Waals surface area contributed by atoms with Gasteiger partial charge in [-0.2, -0.15) is 5.10 Å². The van der Waals surface area contributed by atoms with Crippen molar-refractivity contribution in [1.29, 1.82) is 0 Å². The lowest BCUT2D eigenvalue weighted by molar-refractivity contribution is 0.0939.